The molecule has 2 aliphatic rings. The predicted molar refractivity (Wildman–Crippen MR) is 96.3 cm³/mol. The Hall–Kier alpha value is -2.80. The van der Waals surface area contributed by atoms with E-state index in [1.807, 2.05) is 0 Å². The number of nitro benzene ring substituents is 1. The zero-order chi connectivity index (χ0) is 18.3. The van der Waals surface area contributed by atoms with Gasteiger partial charge < -0.3 is 4.90 Å². The molecule has 0 atom stereocenters. The van der Waals surface area contributed by atoms with Crippen molar-refractivity contribution in [2.45, 2.75) is 19.3 Å². The number of non-ortho nitro benzene ring substituents is 1. The van der Waals surface area contributed by atoms with E-state index in [0.29, 0.717) is 29.4 Å². The smallest absolute Gasteiger partial charge is 0.270 e. The number of rotatable bonds is 4. The van der Waals surface area contributed by atoms with Gasteiger partial charge in [0.15, 0.2) is 0 Å². The van der Waals surface area contributed by atoms with Gasteiger partial charge in [-0.2, -0.15) is 0 Å². The highest BCUT2D eigenvalue weighted by Crippen LogP contribution is 2.33. The third-order valence-electron chi connectivity index (χ3n) is 5.21. The van der Waals surface area contributed by atoms with Crippen molar-refractivity contribution in [3.05, 3.63) is 51.6 Å². The van der Waals surface area contributed by atoms with Crippen LogP contribution < -0.4 is 0 Å². The molecule has 134 valence electrons. The quantitative estimate of drug-likeness (QED) is 0.479. The van der Waals surface area contributed by atoms with Crippen LogP contribution in [0, 0.1) is 10.1 Å². The Labute approximate surface area is 150 Å². The van der Waals surface area contributed by atoms with Crippen molar-refractivity contribution >= 4 is 28.3 Å². The van der Waals surface area contributed by atoms with Crippen LogP contribution in [0.1, 0.15) is 40.0 Å². The summed E-state index contributed by atoms with van der Waals surface area (Å²) in [6.07, 6.45) is 3.49. The molecule has 0 spiro atoms. The highest BCUT2D eigenvalue weighted by atomic mass is 16.6. The number of hydrogen-bond acceptors (Lipinski definition) is 5. The van der Waals surface area contributed by atoms with Gasteiger partial charge >= 0.3 is 0 Å². The lowest BCUT2D eigenvalue weighted by molar-refractivity contribution is -0.384. The number of hydrogen-bond donors (Lipinski definition) is 0. The summed E-state index contributed by atoms with van der Waals surface area (Å²) in [5.74, 6) is -0.765. The topological polar surface area (TPSA) is 83.8 Å². The molecule has 1 fully saturated rings. The van der Waals surface area contributed by atoms with Crippen LogP contribution in [0.3, 0.4) is 0 Å². The highest BCUT2D eigenvalue weighted by Gasteiger charge is 2.34. The van der Waals surface area contributed by atoms with Crippen molar-refractivity contribution in [1.29, 1.82) is 0 Å². The Kier molecular flexibility index (Phi) is 4.16. The fraction of sp³-hybridized carbons (Fsp3) is 0.368. The molecule has 7 nitrogen and oxygen atoms in total. The third kappa shape index (κ3) is 2.74. The van der Waals surface area contributed by atoms with Crippen molar-refractivity contribution in [2.75, 3.05) is 26.2 Å². The van der Waals surface area contributed by atoms with E-state index >= 15 is 0 Å². The van der Waals surface area contributed by atoms with E-state index < -0.39 is 10.8 Å². The second-order valence-corrected chi connectivity index (χ2v) is 6.82. The van der Waals surface area contributed by atoms with Crippen LogP contribution in [-0.4, -0.2) is 52.7 Å². The van der Waals surface area contributed by atoms with Crippen molar-refractivity contribution in [1.82, 2.24) is 9.80 Å². The first-order valence-electron chi connectivity index (χ1n) is 8.86. The van der Waals surface area contributed by atoms with E-state index in [1.54, 1.807) is 18.2 Å². The molecule has 0 N–H and O–H groups in total. The molecule has 26 heavy (non-hydrogen) atoms. The van der Waals surface area contributed by atoms with Crippen LogP contribution >= 0.6 is 0 Å². The van der Waals surface area contributed by atoms with Gasteiger partial charge in [-0.1, -0.05) is 18.6 Å². The minimum absolute atomic E-state index is 0.136. The van der Waals surface area contributed by atoms with E-state index in [4.69, 9.17) is 0 Å². The maximum absolute atomic E-state index is 12.9. The van der Waals surface area contributed by atoms with Crippen LogP contribution in [0.25, 0.3) is 10.8 Å². The minimum atomic E-state index is -0.510. The molecule has 2 aliphatic heterocycles. The van der Waals surface area contributed by atoms with Crippen LogP contribution in [-0.2, 0) is 0 Å². The summed E-state index contributed by atoms with van der Waals surface area (Å²) in [5.41, 5.74) is 0.539. The maximum Gasteiger partial charge on any atom is 0.270 e. The Bertz CT molecular complexity index is 918. The van der Waals surface area contributed by atoms with Crippen molar-refractivity contribution in [3.63, 3.8) is 0 Å². The number of imide groups is 1. The second kappa shape index (κ2) is 6.49. The molecule has 0 unspecified atom stereocenters. The van der Waals surface area contributed by atoms with Gasteiger partial charge in [0, 0.05) is 36.2 Å². The first kappa shape index (κ1) is 16.7. The van der Waals surface area contributed by atoms with E-state index in [-0.39, 0.29) is 17.2 Å². The Balaban J connectivity index is 1.70. The zero-order valence-corrected chi connectivity index (χ0v) is 14.3. The summed E-state index contributed by atoms with van der Waals surface area (Å²) >= 11 is 0. The fourth-order valence-electron chi connectivity index (χ4n) is 3.87. The lowest BCUT2D eigenvalue weighted by atomic mass is 9.93. The molecule has 7 heteroatoms. The number of carbonyl (C=O) groups is 2. The number of amides is 2. The molecular weight excluding hydrogens is 334 g/mol. The summed E-state index contributed by atoms with van der Waals surface area (Å²) in [7, 11) is 0. The van der Waals surface area contributed by atoms with Gasteiger partial charge in [0.2, 0.25) is 0 Å². The summed E-state index contributed by atoms with van der Waals surface area (Å²) in [6.45, 7) is 2.90. The Morgan fingerprint density at radius 1 is 0.962 bits per heavy atom. The third-order valence-corrected chi connectivity index (χ3v) is 5.21. The molecule has 0 aliphatic carbocycles. The van der Waals surface area contributed by atoms with Crippen molar-refractivity contribution < 1.29 is 14.5 Å². The van der Waals surface area contributed by atoms with Gasteiger partial charge in [-0.05, 0) is 37.4 Å². The van der Waals surface area contributed by atoms with Crippen LogP contribution in [0.2, 0.25) is 0 Å². The van der Waals surface area contributed by atoms with Gasteiger partial charge in [0.1, 0.15) is 0 Å². The van der Waals surface area contributed by atoms with E-state index in [1.165, 1.54) is 23.5 Å². The van der Waals surface area contributed by atoms with Gasteiger partial charge in [-0.15, -0.1) is 0 Å². The number of carbonyl (C=O) groups excluding carboxylic acids is 2. The standard InChI is InChI=1S/C19H19N3O4/c23-18-15-6-4-5-13-11-14(22(25)26)12-16(17(13)15)19(24)21(18)10-9-20-7-2-1-3-8-20/h4-6,11-12H,1-3,7-10H2. The van der Waals surface area contributed by atoms with E-state index in [9.17, 15) is 19.7 Å². The predicted octanol–water partition coefficient (Wildman–Crippen LogP) is 2.83. The summed E-state index contributed by atoms with van der Waals surface area (Å²) < 4.78 is 0. The van der Waals surface area contributed by atoms with Crippen LogP contribution in [0.4, 0.5) is 5.69 Å². The van der Waals surface area contributed by atoms with E-state index in [0.717, 1.165) is 25.9 Å². The molecule has 0 saturated carbocycles. The van der Waals surface area contributed by atoms with Gasteiger partial charge in [0.25, 0.3) is 17.5 Å². The molecule has 1 saturated heterocycles. The average Bonchev–Trinajstić information content (AvgIpc) is 2.66. The van der Waals surface area contributed by atoms with E-state index in [2.05, 4.69) is 4.90 Å². The highest BCUT2D eigenvalue weighted by molar-refractivity contribution is 6.25. The Morgan fingerprint density at radius 2 is 1.69 bits per heavy atom. The lowest BCUT2D eigenvalue weighted by Crippen LogP contribution is -2.45. The molecule has 2 aromatic carbocycles. The summed E-state index contributed by atoms with van der Waals surface area (Å²) in [6, 6.07) is 7.77. The van der Waals surface area contributed by atoms with Crippen LogP contribution in [0.15, 0.2) is 30.3 Å². The maximum atomic E-state index is 12.9. The van der Waals surface area contributed by atoms with Gasteiger partial charge in [-0.25, -0.2) is 0 Å². The first-order valence-corrected chi connectivity index (χ1v) is 8.86. The normalized spacial score (nSPS) is 17.8. The molecular formula is C19H19N3O4. The molecule has 2 amide bonds. The summed E-state index contributed by atoms with van der Waals surface area (Å²) in [4.78, 5) is 40.0. The zero-order valence-electron chi connectivity index (χ0n) is 14.3. The van der Waals surface area contributed by atoms with Crippen molar-refractivity contribution in [2.24, 2.45) is 0 Å². The number of piperidine rings is 1. The SMILES string of the molecule is O=C1c2cccc3cc([N+](=O)[O-])cc(c23)C(=O)N1CCN1CCCCC1. The molecule has 0 bridgehead atoms. The largest absolute Gasteiger partial charge is 0.302 e. The Morgan fingerprint density at radius 3 is 2.42 bits per heavy atom. The number of nitrogens with zero attached hydrogens (tertiary/aromatic N) is 3. The minimum Gasteiger partial charge on any atom is -0.302 e. The molecule has 4 rings (SSSR count). The summed E-state index contributed by atoms with van der Waals surface area (Å²) in [5, 5.41) is 12.3. The number of likely N-dealkylation sites (tertiary alicyclic amines) is 1. The second-order valence-electron chi connectivity index (χ2n) is 6.82. The molecule has 0 radical (unpaired) electrons. The monoisotopic (exact) mass is 353 g/mol. The first-order chi connectivity index (χ1) is 12.6. The number of benzene rings is 2. The van der Waals surface area contributed by atoms with Gasteiger partial charge in [0.05, 0.1) is 10.5 Å². The van der Waals surface area contributed by atoms with Gasteiger partial charge in [-0.3, -0.25) is 24.6 Å². The van der Waals surface area contributed by atoms with Crippen molar-refractivity contribution in [3.8, 4) is 0 Å². The molecule has 2 aromatic rings. The molecule has 2 heterocycles. The lowest BCUT2D eigenvalue weighted by Gasteiger charge is -2.31. The van der Waals surface area contributed by atoms with Crippen LogP contribution in [0.5, 0.6) is 0 Å². The number of nitro groups is 1. The average molecular weight is 353 g/mol. The fourth-order valence-corrected chi connectivity index (χ4v) is 3.87. The molecule has 0 aromatic heterocycles.